The minimum absolute atomic E-state index is 0.0213. The maximum atomic E-state index is 12.6. The highest BCUT2D eigenvalue weighted by Crippen LogP contribution is 2.40. The second kappa shape index (κ2) is 5.41. The summed E-state index contributed by atoms with van der Waals surface area (Å²) >= 11 is 0. The van der Waals surface area contributed by atoms with Crippen molar-refractivity contribution in [1.82, 2.24) is 0 Å². The molecule has 2 aliphatic heterocycles. The summed E-state index contributed by atoms with van der Waals surface area (Å²) in [5, 5.41) is -0.634. The minimum atomic E-state index is -3.00. The molecule has 3 nitrogen and oxygen atoms in total. The summed E-state index contributed by atoms with van der Waals surface area (Å²) in [5.74, 6) is -0.162. The molecule has 2 unspecified atom stereocenters. The molecule has 21 heavy (non-hydrogen) atoms. The Kier molecular flexibility index (Phi) is 3.74. The second-order valence-electron chi connectivity index (χ2n) is 6.14. The SMILES string of the molecule is C=C(C(=O)C1CC2CCCC(C1)S2(=O)=O)c1ccccc1. The maximum Gasteiger partial charge on any atom is 0.166 e. The summed E-state index contributed by atoms with van der Waals surface area (Å²) in [5.41, 5.74) is 1.35. The summed E-state index contributed by atoms with van der Waals surface area (Å²) in [6, 6.07) is 9.42. The first-order chi connectivity index (χ1) is 10.00. The van der Waals surface area contributed by atoms with Gasteiger partial charge in [0.05, 0.1) is 10.5 Å². The molecular formula is C17H20O3S. The smallest absolute Gasteiger partial charge is 0.166 e. The van der Waals surface area contributed by atoms with Gasteiger partial charge in [-0.3, -0.25) is 4.79 Å². The van der Waals surface area contributed by atoms with Crippen LogP contribution in [0.5, 0.6) is 0 Å². The van der Waals surface area contributed by atoms with Crippen molar-refractivity contribution in [3.63, 3.8) is 0 Å². The molecule has 2 fully saturated rings. The number of carbonyl (C=O) groups is 1. The lowest BCUT2D eigenvalue weighted by Gasteiger charge is -2.38. The predicted octanol–water partition coefficient (Wildman–Crippen LogP) is 3.01. The number of Topliss-reactive ketones (excluding diaryl/α,β-unsaturated/α-hetero) is 1. The van der Waals surface area contributed by atoms with E-state index in [2.05, 4.69) is 6.58 Å². The van der Waals surface area contributed by atoms with E-state index in [1.54, 1.807) is 0 Å². The van der Waals surface area contributed by atoms with E-state index < -0.39 is 9.84 Å². The van der Waals surface area contributed by atoms with Gasteiger partial charge in [0.15, 0.2) is 15.6 Å². The van der Waals surface area contributed by atoms with E-state index in [-0.39, 0.29) is 22.2 Å². The van der Waals surface area contributed by atoms with E-state index in [1.165, 1.54) is 0 Å². The van der Waals surface area contributed by atoms with Crippen LogP contribution in [0.3, 0.4) is 0 Å². The molecule has 0 aliphatic carbocycles. The molecule has 1 aromatic carbocycles. The lowest BCUT2D eigenvalue weighted by atomic mass is 9.83. The van der Waals surface area contributed by atoms with Gasteiger partial charge in [-0.15, -0.1) is 0 Å². The summed E-state index contributed by atoms with van der Waals surface area (Å²) < 4.78 is 24.5. The zero-order chi connectivity index (χ0) is 15.0. The van der Waals surface area contributed by atoms with Crippen LogP contribution in [0.25, 0.3) is 5.57 Å². The highest BCUT2D eigenvalue weighted by atomic mass is 32.2. The van der Waals surface area contributed by atoms with Crippen molar-refractivity contribution < 1.29 is 13.2 Å². The molecule has 2 atom stereocenters. The summed E-state index contributed by atoms with van der Waals surface area (Å²) in [7, 11) is -3.00. The monoisotopic (exact) mass is 304 g/mol. The summed E-state index contributed by atoms with van der Waals surface area (Å²) in [6.07, 6.45) is 3.34. The van der Waals surface area contributed by atoms with Gasteiger partial charge in [-0.1, -0.05) is 43.3 Å². The Labute approximate surface area is 126 Å². The van der Waals surface area contributed by atoms with Crippen molar-refractivity contribution in [2.75, 3.05) is 0 Å². The van der Waals surface area contributed by atoms with E-state index in [9.17, 15) is 13.2 Å². The number of hydrogen-bond acceptors (Lipinski definition) is 3. The Hall–Kier alpha value is -1.42. The number of allylic oxidation sites excluding steroid dienone is 1. The third-order valence-corrected chi connectivity index (χ3v) is 7.58. The standard InChI is InChI=1S/C17H20O3S/c1-12(13-6-3-2-4-7-13)17(18)14-10-15-8-5-9-16(11-14)21(15,19)20/h2-4,6-7,14-16H,1,5,8-11H2. The molecule has 2 heterocycles. The zero-order valence-electron chi connectivity index (χ0n) is 12.0. The van der Waals surface area contributed by atoms with Gasteiger partial charge >= 0.3 is 0 Å². The fourth-order valence-corrected chi connectivity index (χ4v) is 6.19. The molecule has 0 saturated carbocycles. The molecule has 2 saturated heterocycles. The van der Waals surface area contributed by atoms with Gasteiger partial charge < -0.3 is 0 Å². The van der Waals surface area contributed by atoms with Gasteiger partial charge in [0, 0.05) is 11.5 Å². The van der Waals surface area contributed by atoms with Gasteiger partial charge in [0.2, 0.25) is 0 Å². The number of carbonyl (C=O) groups excluding carboxylic acids is 1. The number of ketones is 1. The summed E-state index contributed by atoms with van der Waals surface area (Å²) in [6.45, 7) is 3.93. The van der Waals surface area contributed by atoms with Crippen molar-refractivity contribution in [1.29, 1.82) is 0 Å². The van der Waals surface area contributed by atoms with Crippen LogP contribution in [0.15, 0.2) is 36.9 Å². The highest BCUT2D eigenvalue weighted by Gasteiger charge is 2.46. The Morgan fingerprint density at radius 3 is 2.19 bits per heavy atom. The van der Waals surface area contributed by atoms with Crippen molar-refractivity contribution >= 4 is 21.2 Å². The molecule has 2 bridgehead atoms. The van der Waals surface area contributed by atoms with Gasteiger partial charge in [0.1, 0.15) is 0 Å². The summed E-state index contributed by atoms with van der Waals surface area (Å²) in [4.78, 5) is 12.6. The third kappa shape index (κ3) is 2.57. The van der Waals surface area contributed by atoms with E-state index in [1.807, 2.05) is 30.3 Å². The zero-order valence-corrected chi connectivity index (χ0v) is 12.8. The average Bonchev–Trinajstić information content (AvgIpc) is 2.45. The molecule has 0 amide bonds. The van der Waals surface area contributed by atoms with E-state index in [4.69, 9.17) is 0 Å². The number of benzene rings is 1. The molecule has 0 spiro atoms. The average molecular weight is 304 g/mol. The number of fused-ring (bicyclic) bond motifs is 2. The van der Waals surface area contributed by atoms with Crippen LogP contribution >= 0.6 is 0 Å². The predicted molar refractivity (Wildman–Crippen MR) is 83.6 cm³/mol. The third-order valence-electron chi connectivity index (χ3n) is 4.87. The lowest BCUT2D eigenvalue weighted by molar-refractivity contribution is -0.117. The fraction of sp³-hybridized carbons (Fsp3) is 0.471. The van der Waals surface area contributed by atoms with Crippen LogP contribution in [0.1, 0.15) is 37.7 Å². The number of hydrogen-bond donors (Lipinski definition) is 0. The quantitative estimate of drug-likeness (QED) is 0.807. The second-order valence-corrected chi connectivity index (χ2v) is 8.65. The van der Waals surface area contributed by atoms with Crippen LogP contribution in [-0.2, 0) is 14.6 Å². The molecule has 2 aliphatic rings. The largest absolute Gasteiger partial charge is 0.294 e. The molecule has 0 N–H and O–H groups in total. The van der Waals surface area contributed by atoms with Crippen LogP contribution in [0, 0.1) is 5.92 Å². The van der Waals surface area contributed by atoms with Crippen LogP contribution in [0.4, 0.5) is 0 Å². The Balaban J connectivity index is 1.80. The van der Waals surface area contributed by atoms with E-state index in [0.29, 0.717) is 31.3 Å². The van der Waals surface area contributed by atoms with E-state index in [0.717, 1.165) is 12.0 Å². The first-order valence-corrected chi connectivity index (χ1v) is 9.12. The van der Waals surface area contributed by atoms with Crippen molar-refractivity contribution in [3.8, 4) is 0 Å². The molecule has 3 rings (SSSR count). The molecular weight excluding hydrogens is 284 g/mol. The van der Waals surface area contributed by atoms with Crippen LogP contribution in [-0.4, -0.2) is 24.7 Å². The first-order valence-electron chi connectivity index (χ1n) is 7.51. The molecule has 0 radical (unpaired) electrons. The van der Waals surface area contributed by atoms with Gasteiger partial charge in [-0.2, -0.15) is 0 Å². The highest BCUT2D eigenvalue weighted by molar-refractivity contribution is 7.92. The minimum Gasteiger partial charge on any atom is -0.294 e. The number of rotatable bonds is 3. The fourth-order valence-electron chi connectivity index (χ4n) is 3.65. The van der Waals surface area contributed by atoms with Crippen LogP contribution < -0.4 is 0 Å². The van der Waals surface area contributed by atoms with Gasteiger partial charge in [-0.05, 0) is 31.2 Å². The Bertz CT molecular complexity index is 641. The van der Waals surface area contributed by atoms with Gasteiger partial charge in [-0.25, -0.2) is 8.42 Å². The Morgan fingerprint density at radius 1 is 1.05 bits per heavy atom. The lowest BCUT2D eigenvalue weighted by Crippen LogP contribution is -2.45. The van der Waals surface area contributed by atoms with Crippen LogP contribution in [0.2, 0.25) is 0 Å². The van der Waals surface area contributed by atoms with Gasteiger partial charge in [0.25, 0.3) is 0 Å². The van der Waals surface area contributed by atoms with Crippen molar-refractivity contribution in [2.24, 2.45) is 5.92 Å². The Morgan fingerprint density at radius 2 is 1.62 bits per heavy atom. The molecule has 4 heteroatoms. The van der Waals surface area contributed by atoms with Crippen molar-refractivity contribution in [2.45, 2.75) is 42.6 Å². The number of sulfone groups is 1. The van der Waals surface area contributed by atoms with Crippen molar-refractivity contribution in [3.05, 3.63) is 42.5 Å². The molecule has 0 aromatic heterocycles. The normalized spacial score (nSPS) is 30.6. The molecule has 1 aromatic rings. The maximum absolute atomic E-state index is 12.6. The first kappa shape index (κ1) is 14.5. The van der Waals surface area contributed by atoms with E-state index >= 15 is 0 Å². The topological polar surface area (TPSA) is 51.2 Å². The molecule has 112 valence electrons.